The molecule has 0 spiro atoms. The molecule has 7 nitrogen and oxygen atoms in total. The number of aromatic nitrogens is 3. The summed E-state index contributed by atoms with van der Waals surface area (Å²) >= 11 is 0. The maximum absolute atomic E-state index is 14.6. The van der Waals surface area contributed by atoms with E-state index < -0.39 is 17.4 Å². The first-order valence-corrected chi connectivity index (χ1v) is 13.0. The summed E-state index contributed by atoms with van der Waals surface area (Å²) in [6.45, 7) is 3.32. The lowest BCUT2D eigenvalue weighted by Gasteiger charge is -2.43. The summed E-state index contributed by atoms with van der Waals surface area (Å²) in [6.07, 6.45) is -2.49. The number of methoxy groups -OCH3 is 1. The second-order valence-corrected chi connectivity index (χ2v) is 10.3. The van der Waals surface area contributed by atoms with Crippen LogP contribution in [0.3, 0.4) is 0 Å². The fourth-order valence-electron chi connectivity index (χ4n) is 6.04. The molecule has 1 radical (unpaired) electrons. The average molecular weight is 537 g/mol. The molecule has 1 aliphatic heterocycles. The van der Waals surface area contributed by atoms with E-state index in [0.29, 0.717) is 48.6 Å². The monoisotopic (exact) mass is 536 g/mol. The van der Waals surface area contributed by atoms with Crippen LogP contribution in [0.25, 0.3) is 16.9 Å². The van der Waals surface area contributed by atoms with Gasteiger partial charge in [-0.3, -0.25) is 4.90 Å². The minimum Gasteiger partial charge on any atom is -0.497 e. The van der Waals surface area contributed by atoms with E-state index in [1.165, 1.54) is 6.20 Å². The highest BCUT2D eigenvalue weighted by Crippen LogP contribution is 2.43. The Hall–Kier alpha value is -3.47. The van der Waals surface area contributed by atoms with E-state index in [2.05, 4.69) is 10.00 Å². The summed E-state index contributed by atoms with van der Waals surface area (Å²) in [6, 6.07) is 14.9. The first kappa shape index (κ1) is 25.8. The summed E-state index contributed by atoms with van der Waals surface area (Å²) in [5.74, 6) is 0.657. The van der Waals surface area contributed by atoms with Gasteiger partial charge in [-0.05, 0) is 49.1 Å². The SMILES string of the molecule is COc1ccc2c(c1)CCc1c-2nc2c([C@]3(C)CN([C@@H](CO)c4ccccc4)CC[N]3)cnn2c1C(F)(F)F. The molecule has 4 aromatic rings. The van der Waals surface area contributed by atoms with E-state index in [0.717, 1.165) is 15.6 Å². The number of hydrogen-bond donors (Lipinski definition) is 1. The van der Waals surface area contributed by atoms with Crippen molar-refractivity contribution in [2.45, 2.75) is 37.5 Å². The Morgan fingerprint density at radius 3 is 2.64 bits per heavy atom. The number of aliphatic hydroxyl groups is 1. The molecular weight excluding hydrogens is 507 g/mol. The molecule has 203 valence electrons. The largest absolute Gasteiger partial charge is 0.497 e. The predicted molar refractivity (Wildman–Crippen MR) is 140 cm³/mol. The van der Waals surface area contributed by atoms with Crippen LogP contribution in [0.2, 0.25) is 0 Å². The van der Waals surface area contributed by atoms with Crippen molar-refractivity contribution in [2.75, 3.05) is 33.4 Å². The lowest BCUT2D eigenvalue weighted by Crippen LogP contribution is -2.54. The first-order chi connectivity index (χ1) is 18.7. The smallest absolute Gasteiger partial charge is 0.433 e. The summed E-state index contributed by atoms with van der Waals surface area (Å²) in [5, 5.41) is 19.4. The third-order valence-corrected chi connectivity index (χ3v) is 7.96. The number of hydrogen-bond acceptors (Lipinski definition) is 5. The molecule has 0 amide bonds. The van der Waals surface area contributed by atoms with Crippen LogP contribution >= 0.6 is 0 Å². The molecule has 6 rings (SSSR count). The standard InChI is InChI=1S/C29H29F3N5O2/c1-28(17-36(13-12-33-28)24(16-38)18-6-4-3-5-7-18)23-15-34-37-26(29(30,31)32)22-10-8-19-14-20(39-2)9-11-21(19)25(22)35-27(23)37/h3-7,9,11,14-15,24,38H,8,10,12-13,16-17H2,1-2H3/t24-,28-/m0/s1. The van der Waals surface area contributed by atoms with E-state index in [1.807, 2.05) is 43.3 Å². The fraction of sp³-hybridized carbons (Fsp3) is 0.379. The second-order valence-electron chi connectivity index (χ2n) is 10.3. The summed E-state index contributed by atoms with van der Waals surface area (Å²) < 4.78 is 50.0. The Morgan fingerprint density at radius 1 is 1.13 bits per heavy atom. The number of aliphatic hydroxyl groups excluding tert-OH is 1. The average Bonchev–Trinajstić information content (AvgIpc) is 3.36. The number of benzene rings is 2. The number of rotatable bonds is 5. The van der Waals surface area contributed by atoms with E-state index >= 15 is 0 Å². The van der Waals surface area contributed by atoms with Gasteiger partial charge in [-0.1, -0.05) is 30.3 Å². The molecule has 2 aromatic heterocycles. The molecule has 2 aliphatic rings. The number of aryl methyl sites for hydroxylation is 1. The first-order valence-electron chi connectivity index (χ1n) is 13.0. The molecule has 0 saturated carbocycles. The molecule has 2 aromatic carbocycles. The van der Waals surface area contributed by atoms with Gasteiger partial charge < -0.3 is 9.84 Å². The minimum atomic E-state index is -4.62. The number of halogens is 3. The van der Waals surface area contributed by atoms with Crippen molar-refractivity contribution in [1.82, 2.24) is 24.8 Å². The highest BCUT2D eigenvalue weighted by molar-refractivity contribution is 5.74. The predicted octanol–water partition coefficient (Wildman–Crippen LogP) is 4.39. The Labute approximate surface area is 224 Å². The van der Waals surface area contributed by atoms with Crippen LogP contribution in [-0.4, -0.2) is 58.0 Å². The fourth-order valence-corrected chi connectivity index (χ4v) is 6.04. The van der Waals surface area contributed by atoms with Crippen molar-refractivity contribution >= 4 is 5.65 Å². The van der Waals surface area contributed by atoms with E-state index in [1.54, 1.807) is 19.2 Å². The van der Waals surface area contributed by atoms with Gasteiger partial charge in [0.2, 0.25) is 0 Å². The van der Waals surface area contributed by atoms with E-state index in [-0.39, 0.29) is 30.3 Å². The summed E-state index contributed by atoms with van der Waals surface area (Å²) in [7, 11) is 1.57. The van der Waals surface area contributed by atoms with Gasteiger partial charge in [0.05, 0.1) is 37.2 Å². The van der Waals surface area contributed by atoms with Gasteiger partial charge in [-0.15, -0.1) is 0 Å². The van der Waals surface area contributed by atoms with Gasteiger partial charge in [-0.25, -0.2) is 14.8 Å². The van der Waals surface area contributed by atoms with Crippen LogP contribution in [0.15, 0.2) is 54.7 Å². The zero-order valence-electron chi connectivity index (χ0n) is 21.7. The van der Waals surface area contributed by atoms with Crippen LogP contribution in [0, 0.1) is 0 Å². The molecular formula is C29H29F3N5O2. The Kier molecular flexibility index (Phi) is 6.36. The number of piperazine rings is 1. The maximum Gasteiger partial charge on any atom is 0.433 e. The van der Waals surface area contributed by atoms with Crippen LogP contribution < -0.4 is 10.1 Å². The molecule has 3 heterocycles. The number of fused-ring (bicyclic) bond motifs is 4. The van der Waals surface area contributed by atoms with Gasteiger partial charge in [0.25, 0.3) is 0 Å². The van der Waals surface area contributed by atoms with Crippen LogP contribution in [0.1, 0.15) is 40.9 Å². The van der Waals surface area contributed by atoms with E-state index in [9.17, 15) is 18.3 Å². The molecule has 1 fully saturated rings. The maximum atomic E-state index is 14.6. The molecule has 0 bridgehead atoms. The number of alkyl halides is 3. The third kappa shape index (κ3) is 4.36. The van der Waals surface area contributed by atoms with Crippen LogP contribution in [0.5, 0.6) is 5.75 Å². The van der Waals surface area contributed by atoms with Gasteiger partial charge in [0.15, 0.2) is 11.3 Å². The van der Waals surface area contributed by atoms with Crippen LogP contribution in [-0.2, 0) is 24.6 Å². The van der Waals surface area contributed by atoms with E-state index in [4.69, 9.17) is 15.0 Å². The number of nitrogens with zero attached hydrogens (tertiary/aromatic N) is 5. The Bertz CT molecular complexity index is 1520. The molecule has 1 N–H and O–H groups in total. The molecule has 10 heteroatoms. The molecule has 1 saturated heterocycles. The quantitative estimate of drug-likeness (QED) is 0.410. The molecule has 2 atom stereocenters. The van der Waals surface area contributed by atoms with Gasteiger partial charge in [0, 0.05) is 36.3 Å². The molecule has 0 unspecified atom stereocenters. The summed E-state index contributed by atoms with van der Waals surface area (Å²) in [5.41, 5.74) is 2.06. The normalized spacial score (nSPS) is 20.5. The summed E-state index contributed by atoms with van der Waals surface area (Å²) in [4.78, 5) is 6.98. The van der Waals surface area contributed by atoms with Gasteiger partial charge in [-0.2, -0.15) is 18.3 Å². The van der Waals surface area contributed by atoms with Crippen molar-refractivity contribution in [3.63, 3.8) is 0 Å². The van der Waals surface area contributed by atoms with Gasteiger partial charge in [0.1, 0.15) is 5.75 Å². The van der Waals surface area contributed by atoms with Crippen molar-refractivity contribution in [3.8, 4) is 17.0 Å². The topological polar surface area (TPSA) is 77.0 Å². The minimum absolute atomic E-state index is 0.0842. The zero-order valence-corrected chi connectivity index (χ0v) is 21.7. The van der Waals surface area contributed by atoms with Crippen molar-refractivity contribution in [2.24, 2.45) is 0 Å². The molecule has 1 aliphatic carbocycles. The van der Waals surface area contributed by atoms with Crippen molar-refractivity contribution in [1.29, 1.82) is 0 Å². The highest BCUT2D eigenvalue weighted by Gasteiger charge is 2.43. The second kappa shape index (κ2) is 9.62. The third-order valence-electron chi connectivity index (χ3n) is 7.96. The number of ether oxygens (including phenoxy) is 1. The van der Waals surface area contributed by atoms with Crippen molar-refractivity contribution in [3.05, 3.63) is 82.7 Å². The molecule has 39 heavy (non-hydrogen) atoms. The van der Waals surface area contributed by atoms with Gasteiger partial charge >= 0.3 is 6.18 Å². The Balaban J connectivity index is 1.48. The Morgan fingerprint density at radius 2 is 1.92 bits per heavy atom. The van der Waals surface area contributed by atoms with Crippen LogP contribution in [0.4, 0.5) is 13.2 Å². The zero-order chi connectivity index (χ0) is 27.4. The lowest BCUT2D eigenvalue weighted by atomic mass is 9.87. The van der Waals surface area contributed by atoms with Crippen molar-refractivity contribution < 1.29 is 23.0 Å². The lowest BCUT2D eigenvalue weighted by molar-refractivity contribution is -0.143. The highest BCUT2D eigenvalue weighted by atomic mass is 19.4.